The minimum absolute atomic E-state index is 0.00309. The van der Waals surface area contributed by atoms with E-state index in [9.17, 15) is 9.59 Å². The molecule has 0 spiro atoms. The Morgan fingerprint density at radius 2 is 1.81 bits per heavy atom. The molecule has 2 fully saturated rings. The van der Waals surface area contributed by atoms with Gasteiger partial charge in [-0.1, -0.05) is 12.8 Å². The Morgan fingerprint density at radius 1 is 1.08 bits per heavy atom. The summed E-state index contributed by atoms with van der Waals surface area (Å²) in [6.45, 7) is 6.23. The predicted molar refractivity (Wildman–Crippen MR) is 98.2 cm³/mol. The summed E-state index contributed by atoms with van der Waals surface area (Å²) in [4.78, 5) is 33.3. The van der Waals surface area contributed by atoms with Gasteiger partial charge in [0.25, 0.3) is 11.8 Å². The summed E-state index contributed by atoms with van der Waals surface area (Å²) in [6.07, 6.45) is 5.99. The summed E-state index contributed by atoms with van der Waals surface area (Å²) in [5.74, 6) is -0.236. The average Bonchev–Trinajstić information content (AvgIpc) is 2.98. The van der Waals surface area contributed by atoms with Crippen LogP contribution in [0.3, 0.4) is 0 Å². The zero-order valence-corrected chi connectivity index (χ0v) is 15.3. The Balaban J connectivity index is 1.53. The molecule has 0 bridgehead atoms. The van der Waals surface area contributed by atoms with E-state index >= 15 is 0 Å². The molecule has 0 atom stereocenters. The largest absolute Gasteiger partial charge is 0.379 e. The molecule has 1 aromatic heterocycles. The van der Waals surface area contributed by atoms with E-state index in [0.717, 1.165) is 58.8 Å². The van der Waals surface area contributed by atoms with Crippen LogP contribution in [0.4, 0.5) is 0 Å². The second-order valence-corrected chi connectivity index (χ2v) is 6.85. The number of aromatic nitrogens is 1. The highest BCUT2D eigenvalue weighted by atomic mass is 16.5. The normalized spacial score (nSPS) is 19.0. The quantitative estimate of drug-likeness (QED) is 0.853. The van der Waals surface area contributed by atoms with Crippen molar-refractivity contribution in [2.75, 3.05) is 52.5 Å². The minimum atomic E-state index is -0.233. The maximum atomic E-state index is 12.7. The van der Waals surface area contributed by atoms with Crippen LogP contribution >= 0.6 is 0 Å². The van der Waals surface area contributed by atoms with Crippen molar-refractivity contribution in [3.05, 3.63) is 29.6 Å². The Morgan fingerprint density at radius 3 is 2.54 bits per heavy atom. The van der Waals surface area contributed by atoms with E-state index < -0.39 is 0 Å². The van der Waals surface area contributed by atoms with Crippen LogP contribution in [0.5, 0.6) is 0 Å². The van der Waals surface area contributed by atoms with Crippen LogP contribution in [0, 0.1) is 0 Å². The van der Waals surface area contributed by atoms with E-state index in [1.165, 1.54) is 12.8 Å². The van der Waals surface area contributed by atoms with E-state index in [1.54, 1.807) is 18.3 Å². The zero-order chi connectivity index (χ0) is 18.2. The number of hydrogen-bond acceptors (Lipinski definition) is 5. The number of ether oxygens (including phenoxy) is 1. The number of amides is 2. The molecule has 0 aliphatic carbocycles. The van der Waals surface area contributed by atoms with Crippen molar-refractivity contribution in [2.24, 2.45) is 0 Å². The summed E-state index contributed by atoms with van der Waals surface area (Å²) in [5.41, 5.74) is 0.841. The fourth-order valence-electron chi connectivity index (χ4n) is 3.39. The fraction of sp³-hybridized carbons (Fsp3) is 0.632. The molecule has 0 aromatic carbocycles. The molecule has 142 valence electrons. The summed E-state index contributed by atoms with van der Waals surface area (Å²) >= 11 is 0. The molecule has 3 rings (SSSR count). The third-order valence-electron chi connectivity index (χ3n) is 4.95. The first-order valence-corrected chi connectivity index (χ1v) is 9.58. The highest BCUT2D eigenvalue weighted by molar-refractivity contribution is 5.98. The van der Waals surface area contributed by atoms with Crippen LogP contribution in [-0.2, 0) is 4.74 Å². The van der Waals surface area contributed by atoms with Crippen molar-refractivity contribution in [3.63, 3.8) is 0 Å². The lowest BCUT2D eigenvalue weighted by Crippen LogP contribution is -2.41. The number of likely N-dealkylation sites (tertiary alicyclic amines) is 1. The Kier molecular flexibility index (Phi) is 6.96. The van der Waals surface area contributed by atoms with E-state index in [1.807, 2.05) is 4.90 Å². The highest BCUT2D eigenvalue weighted by Crippen LogP contribution is 2.13. The van der Waals surface area contributed by atoms with Crippen LogP contribution in [0.25, 0.3) is 0 Å². The number of nitrogens with zero attached hydrogens (tertiary/aromatic N) is 3. The molecule has 0 radical (unpaired) electrons. The van der Waals surface area contributed by atoms with E-state index in [4.69, 9.17) is 4.74 Å². The lowest BCUT2D eigenvalue weighted by Gasteiger charge is -2.26. The van der Waals surface area contributed by atoms with Gasteiger partial charge in [0.2, 0.25) is 0 Å². The van der Waals surface area contributed by atoms with Gasteiger partial charge in [0.05, 0.1) is 13.2 Å². The molecular formula is C19H28N4O3. The lowest BCUT2D eigenvalue weighted by molar-refractivity contribution is 0.0383. The highest BCUT2D eigenvalue weighted by Gasteiger charge is 2.19. The van der Waals surface area contributed by atoms with E-state index in [2.05, 4.69) is 15.2 Å². The molecule has 1 aromatic rings. The molecule has 3 heterocycles. The molecule has 2 aliphatic rings. The second kappa shape index (κ2) is 9.64. The number of carbonyl (C=O) groups is 2. The Bertz CT molecular complexity index is 609. The van der Waals surface area contributed by atoms with Crippen LogP contribution in [0.15, 0.2) is 18.3 Å². The number of carbonyl (C=O) groups excluding carboxylic acids is 2. The molecule has 7 nitrogen and oxygen atoms in total. The molecule has 7 heteroatoms. The average molecular weight is 360 g/mol. The van der Waals surface area contributed by atoms with Crippen molar-refractivity contribution < 1.29 is 14.3 Å². The second-order valence-electron chi connectivity index (χ2n) is 6.85. The first-order chi connectivity index (χ1) is 12.7. The summed E-state index contributed by atoms with van der Waals surface area (Å²) in [7, 11) is 0. The maximum Gasteiger partial charge on any atom is 0.269 e. The van der Waals surface area contributed by atoms with Gasteiger partial charge in [-0.25, -0.2) is 0 Å². The van der Waals surface area contributed by atoms with Gasteiger partial charge in [-0.05, 0) is 25.0 Å². The summed E-state index contributed by atoms with van der Waals surface area (Å²) in [6, 6.07) is 3.30. The molecule has 0 unspecified atom stereocenters. The molecule has 2 aliphatic heterocycles. The topological polar surface area (TPSA) is 74.8 Å². The van der Waals surface area contributed by atoms with Crippen molar-refractivity contribution in [2.45, 2.75) is 25.7 Å². The standard InChI is InChI=1S/C19H28N4O3/c24-18(21-7-10-22-11-13-26-14-12-22)17-15-16(5-6-20-17)19(25)23-8-3-1-2-4-9-23/h5-6,15H,1-4,7-14H2,(H,21,24). The SMILES string of the molecule is O=C(NCCN1CCOCC1)c1cc(C(=O)N2CCCCCC2)ccn1. The number of nitrogens with one attached hydrogen (secondary N) is 1. The van der Waals surface area contributed by atoms with Crippen molar-refractivity contribution in [3.8, 4) is 0 Å². The number of hydrogen-bond donors (Lipinski definition) is 1. The Labute approximate surface area is 154 Å². The first-order valence-electron chi connectivity index (χ1n) is 9.58. The summed E-state index contributed by atoms with van der Waals surface area (Å²) in [5, 5.41) is 2.89. The number of rotatable bonds is 5. The molecule has 2 saturated heterocycles. The van der Waals surface area contributed by atoms with Gasteiger partial charge < -0.3 is 15.0 Å². The Hall–Kier alpha value is -1.99. The van der Waals surface area contributed by atoms with Crippen LogP contribution in [0.2, 0.25) is 0 Å². The molecule has 2 amide bonds. The lowest BCUT2D eigenvalue weighted by atomic mass is 10.2. The van der Waals surface area contributed by atoms with E-state index in [-0.39, 0.29) is 11.8 Å². The zero-order valence-electron chi connectivity index (χ0n) is 15.3. The predicted octanol–water partition coefficient (Wildman–Crippen LogP) is 1.16. The van der Waals surface area contributed by atoms with Crippen molar-refractivity contribution in [1.29, 1.82) is 0 Å². The molecule has 1 N–H and O–H groups in total. The molecule has 26 heavy (non-hydrogen) atoms. The van der Waals surface area contributed by atoms with Crippen LogP contribution in [-0.4, -0.2) is 79.1 Å². The van der Waals surface area contributed by atoms with Crippen molar-refractivity contribution in [1.82, 2.24) is 20.1 Å². The minimum Gasteiger partial charge on any atom is -0.379 e. The molecule has 0 saturated carbocycles. The van der Waals surface area contributed by atoms with Gasteiger partial charge in [-0.3, -0.25) is 19.5 Å². The van der Waals surface area contributed by atoms with Gasteiger partial charge in [-0.15, -0.1) is 0 Å². The maximum absolute atomic E-state index is 12.7. The van der Waals surface area contributed by atoms with Gasteiger partial charge in [0.1, 0.15) is 5.69 Å². The van der Waals surface area contributed by atoms with Gasteiger partial charge in [0.15, 0.2) is 0 Å². The third kappa shape index (κ3) is 5.25. The van der Waals surface area contributed by atoms with Crippen LogP contribution in [0.1, 0.15) is 46.5 Å². The first kappa shape index (κ1) is 18.8. The van der Waals surface area contributed by atoms with E-state index in [0.29, 0.717) is 17.8 Å². The third-order valence-corrected chi connectivity index (χ3v) is 4.95. The van der Waals surface area contributed by atoms with Gasteiger partial charge >= 0.3 is 0 Å². The monoisotopic (exact) mass is 360 g/mol. The summed E-state index contributed by atoms with van der Waals surface area (Å²) < 4.78 is 5.31. The molecular weight excluding hydrogens is 332 g/mol. The number of pyridine rings is 1. The van der Waals surface area contributed by atoms with Crippen LogP contribution < -0.4 is 5.32 Å². The van der Waals surface area contributed by atoms with Gasteiger partial charge in [-0.2, -0.15) is 0 Å². The smallest absolute Gasteiger partial charge is 0.269 e. The fourth-order valence-corrected chi connectivity index (χ4v) is 3.39. The number of morpholine rings is 1. The van der Waals surface area contributed by atoms with Gasteiger partial charge in [0, 0.05) is 51.0 Å². The van der Waals surface area contributed by atoms with Crippen molar-refractivity contribution >= 4 is 11.8 Å².